The van der Waals surface area contributed by atoms with Crippen LogP contribution in [0.2, 0.25) is 0 Å². The van der Waals surface area contributed by atoms with E-state index in [2.05, 4.69) is 29.1 Å². The van der Waals surface area contributed by atoms with Crippen molar-refractivity contribution in [3.63, 3.8) is 0 Å². The summed E-state index contributed by atoms with van der Waals surface area (Å²) in [7, 11) is 2.13. The molecule has 0 aromatic rings. The molecular formula is C10H19N3. The van der Waals surface area contributed by atoms with E-state index in [1.807, 2.05) is 0 Å². The normalized spacial score (nSPS) is 58.6. The Morgan fingerprint density at radius 3 is 2.31 bits per heavy atom. The fraction of sp³-hybridized carbons (Fsp3) is 1.00. The summed E-state index contributed by atoms with van der Waals surface area (Å²) in [6.45, 7) is 8.90. The lowest BCUT2D eigenvalue weighted by Crippen LogP contribution is -2.74. The Labute approximate surface area is 80.1 Å². The van der Waals surface area contributed by atoms with Crippen LogP contribution in [-0.2, 0) is 0 Å². The summed E-state index contributed by atoms with van der Waals surface area (Å²) in [6.07, 6.45) is 0. The van der Waals surface area contributed by atoms with E-state index in [4.69, 9.17) is 0 Å². The van der Waals surface area contributed by atoms with Gasteiger partial charge in [-0.05, 0) is 7.05 Å². The van der Waals surface area contributed by atoms with Gasteiger partial charge in [-0.25, -0.2) is 0 Å². The summed E-state index contributed by atoms with van der Waals surface area (Å²) < 4.78 is 0. The van der Waals surface area contributed by atoms with E-state index in [0.29, 0.717) is 5.41 Å². The molecule has 0 radical (unpaired) electrons. The van der Waals surface area contributed by atoms with E-state index in [1.165, 1.54) is 32.8 Å². The largest absolute Gasteiger partial charge is 0.316 e. The molecule has 0 aromatic heterocycles. The number of nitrogens with zero attached hydrogens (tertiary/aromatic N) is 2. The minimum atomic E-state index is 0.508. The highest BCUT2D eigenvalue weighted by Gasteiger charge is 2.52. The van der Waals surface area contributed by atoms with Gasteiger partial charge in [0.15, 0.2) is 0 Å². The van der Waals surface area contributed by atoms with Crippen molar-refractivity contribution in [1.82, 2.24) is 15.1 Å². The van der Waals surface area contributed by atoms with Gasteiger partial charge in [-0.2, -0.15) is 0 Å². The average Bonchev–Trinajstić information content (AvgIpc) is 2.00. The standard InChI is InChI=1S/C10H19N3/c1-10-5-12-3-8(9(10)11-2)4-13(6-10)7-12/h8-9,11H,3-7H2,1-2H3. The van der Waals surface area contributed by atoms with Gasteiger partial charge in [-0.1, -0.05) is 6.92 Å². The van der Waals surface area contributed by atoms with E-state index in [-0.39, 0.29) is 0 Å². The van der Waals surface area contributed by atoms with Crippen molar-refractivity contribution in [3.05, 3.63) is 0 Å². The van der Waals surface area contributed by atoms with Crippen LogP contribution in [0.5, 0.6) is 0 Å². The molecule has 0 saturated carbocycles. The SMILES string of the molecule is CNC1C2CN3CN(C2)CC1(C)C3. The van der Waals surface area contributed by atoms with Crippen molar-refractivity contribution in [2.75, 3.05) is 39.9 Å². The van der Waals surface area contributed by atoms with E-state index < -0.39 is 0 Å². The molecule has 3 heteroatoms. The Balaban J connectivity index is 1.93. The second-order valence-electron chi connectivity index (χ2n) is 5.34. The van der Waals surface area contributed by atoms with Crippen LogP contribution in [0.3, 0.4) is 0 Å². The fourth-order valence-corrected chi connectivity index (χ4v) is 3.98. The van der Waals surface area contributed by atoms with Crippen molar-refractivity contribution >= 4 is 0 Å². The zero-order valence-corrected chi connectivity index (χ0v) is 8.58. The summed E-state index contributed by atoms with van der Waals surface area (Å²) in [4.78, 5) is 5.23. The summed E-state index contributed by atoms with van der Waals surface area (Å²) in [5.74, 6) is 0.867. The quantitative estimate of drug-likeness (QED) is 0.604. The lowest BCUT2D eigenvalue weighted by atomic mass is 9.67. The third-order valence-corrected chi connectivity index (χ3v) is 4.09. The highest BCUT2D eigenvalue weighted by atomic mass is 15.4. The van der Waals surface area contributed by atoms with Crippen molar-refractivity contribution in [3.8, 4) is 0 Å². The molecule has 4 bridgehead atoms. The summed E-state index contributed by atoms with van der Waals surface area (Å²) in [5.41, 5.74) is 0.508. The molecular weight excluding hydrogens is 162 g/mol. The predicted molar refractivity (Wildman–Crippen MR) is 52.5 cm³/mol. The third kappa shape index (κ3) is 1.01. The first-order valence-electron chi connectivity index (χ1n) is 5.33. The van der Waals surface area contributed by atoms with Gasteiger partial charge in [0.25, 0.3) is 0 Å². The van der Waals surface area contributed by atoms with Crippen LogP contribution < -0.4 is 5.32 Å². The van der Waals surface area contributed by atoms with Crippen molar-refractivity contribution in [2.24, 2.45) is 11.3 Å². The van der Waals surface area contributed by atoms with Crippen molar-refractivity contribution in [2.45, 2.75) is 13.0 Å². The zero-order chi connectivity index (χ0) is 9.05. The number of hydrogen-bond donors (Lipinski definition) is 1. The maximum atomic E-state index is 3.53. The molecule has 74 valence electrons. The van der Waals surface area contributed by atoms with Gasteiger partial charge >= 0.3 is 0 Å². The van der Waals surface area contributed by atoms with E-state index in [9.17, 15) is 0 Å². The number of piperidine rings is 2. The second-order valence-corrected chi connectivity index (χ2v) is 5.34. The third-order valence-electron chi connectivity index (χ3n) is 4.09. The van der Waals surface area contributed by atoms with Gasteiger partial charge < -0.3 is 5.32 Å². The minimum Gasteiger partial charge on any atom is -0.316 e. The van der Waals surface area contributed by atoms with E-state index in [1.54, 1.807) is 0 Å². The van der Waals surface area contributed by atoms with Crippen LogP contribution in [0, 0.1) is 11.3 Å². The first kappa shape index (κ1) is 8.21. The molecule has 3 nitrogen and oxygen atoms in total. The maximum absolute atomic E-state index is 3.53. The van der Waals surface area contributed by atoms with Crippen LogP contribution in [-0.4, -0.2) is 55.7 Å². The molecule has 0 amide bonds. The molecule has 4 rings (SSSR count). The van der Waals surface area contributed by atoms with Crippen LogP contribution in [0.4, 0.5) is 0 Å². The maximum Gasteiger partial charge on any atom is 0.0506 e. The van der Waals surface area contributed by atoms with Gasteiger partial charge in [0.05, 0.1) is 6.67 Å². The number of hydrogen-bond acceptors (Lipinski definition) is 3. The van der Waals surface area contributed by atoms with Crippen LogP contribution in [0.25, 0.3) is 0 Å². The Morgan fingerprint density at radius 2 is 1.85 bits per heavy atom. The molecule has 0 spiro atoms. The smallest absolute Gasteiger partial charge is 0.0506 e. The molecule has 13 heavy (non-hydrogen) atoms. The molecule has 3 unspecified atom stereocenters. The van der Waals surface area contributed by atoms with Crippen LogP contribution >= 0.6 is 0 Å². The molecule has 4 fully saturated rings. The second kappa shape index (κ2) is 2.47. The lowest BCUT2D eigenvalue weighted by molar-refractivity contribution is -0.133. The monoisotopic (exact) mass is 181 g/mol. The van der Waals surface area contributed by atoms with E-state index in [0.717, 1.165) is 12.0 Å². The Kier molecular flexibility index (Phi) is 1.56. The molecule has 0 aromatic carbocycles. The Hall–Kier alpha value is -0.120. The van der Waals surface area contributed by atoms with Crippen molar-refractivity contribution < 1.29 is 0 Å². The number of nitrogens with one attached hydrogen (secondary N) is 1. The fourth-order valence-electron chi connectivity index (χ4n) is 3.98. The Morgan fingerprint density at radius 1 is 1.23 bits per heavy atom. The van der Waals surface area contributed by atoms with E-state index >= 15 is 0 Å². The average molecular weight is 181 g/mol. The molecule has 1 N–H and O–H groups in total. The summed E-state index contributed by atoms with van der Waals surface area (Å²) in [6, 6.07) is 0.750. The first-order chi connectivity index (χ1) is 6.21. The Bertz CT molecular complexity index is 214. The molecule has 4 heterocycles. The van der Waals surface area contributed by atoms with Crippen LogP contribution in [0.1, 0.15) is 6.92 Å². The molecule has 4 saturated heterocycles. The molecule has 3 atom stereocenters. The summed E-state index contributed by atoms with van der Waals surface area (Å²) in [5, 5.41) is 3.53. The number of rotatable bonds is 1. The van der Waals surface area contributed by atoms with Gasteiger partial charge in [0.2, 0.25) is 0 Å². The molecule has 4 aliphatic rings. The van der Waals surface area contributed by atoms with Crippen LogP contribution in [0.15, 0.2) is 0 Å². The highest BCUT2D eigenvalue weighted by molar-refractivity contribution is 5.07. The highest BCUT2D eigenvalue weighted by Crippen LogP contribution is 2.41. The van der Waals surface area contributed by atoms with Gasteiger partial charge in [0, 0.05) is 43.6 Å². The minimum absolute atomic E-state index is 0.508. The lowest BCUT2D eigenvalue weighted by Gasteiger charge is -2.62. The molecule has 4 aliphatic heterocycles. The van der Waals surface area contributed by atoms with Crippen molar-refractivity contribution in [1.29, 1.82) is 0 Å². The topological polar surface area (TPSA) is 18.5 Å². The van der Waals surface area contributed by atoms with Gasteiger partial charge in [0.1, 0.15) is 0 Å². The molecule has 0 aliphatic carbocycles. The predicted octanol–water partition coefficient (Wildman–Crippen LogP) is -0.201. The summed E-state index contributed by atoms with van der Waals surface area (Å²) >= 11 is 0. The zero-order valence-electron chi connectivity index (χ0n) is 8.58. The first-order valence-corrected chi connectivity index (χ1v) is 5.33. The van der Waals surface area contributed by atoms with Gasteiger partial charge in [-0.3, -0.25) is 9.80 Å². The van der Waals surface area contributed by atoms with Gasteiger partial charge in [-0.15, -0.1) is 0 Å².